The highest BCUT2D eigenvalue weighted by atomic mass is 127. The molecule has 0 saturated heterocycles. The average Bonchev–Trinajstić information content (AvgIpc) is 3.15. The first kappa shape index (κ1) is 24.0. The van der Waals surface area contributed by atoms with Crippen LogP contribution >= 0.6 is 24.0 Å². The van der Waals surface area contributed by atoms with E-state index in [1.165, 1.54) is 5.56 Å². The summed E-state index contributed by atoms with van der Waals surface area (Å²) in [5, 5.41) is 6.21. The number of para-hydroxylation sites is 1. The number of benzene rings is 2. The number of fused-ring (bicyclic) bond motifs is 1. The third kappa shape index (κ3) is 6.38. The van der Waals surface area contributed by atoms with E-state index in [-0.39, 0.29) is 42.0 Å². The molecule has 1 heterocycles. The van der Waals surface area contributed by atoms with Gasteiger partial charge in [0.2, 0.25) is 5.91 Å². The second-order valence-electron chi connectivity index (χ2n) is 6.89. The van der Waals surface area contributed by atoms with Gasteiger partial charge in [0.25, 0.3) is 0 Å². The van der Waals surface area contributed by atoms with Crippen LogP contribution in [0.3, 0.4) is 0 Å². The van der Waals surface area contributed by atoms with Crippen LogP contribution in [0.1, 0.15) is 30.9 Å². The molecule has 0 bridgehead atoms. The molecule has 2 aromatic carbocycles. The second kappa shape index (κ2) is 11.8. The number of aliphatic imine (C=N–C) groups is 1. The predicted molar refractivity (Wildman–Crippen MR) is 126 cm³/mol. The molecule has 0 saturated carbocycles. The fourth-order valence-corrected chi connectivity index (χ4v) is 3.35. The number of halogens is 3. The van der Waals surface area contributed by atoms with Gasteiger partial charge in [-0.1, -0.05) is 18.2 Å². The lowest BCUT2D eigenvalue weighted by Crippen LogP contribution is -2.38. The Bertz CT molecular complexity index is 891. The van der Waals surface area contributed by atoms with Gasteiger partial charge in [-0.15, -0.1) is 24.0 Å². The summed E-state index contributed by atoms with van der Waals surface area (Å²) in [6, 6.07) is 11.3. The van der Waals surface area contributed by atoms with Crippen molar-refractivity contribution in [2.24, 2.45) is 4.99 Å². The van der Waals surface area contributed by atoms with Crippen LogP contribution in [0, 0.1) is 11.6 Å². The van der Waals surface area contributed by atoms with E-state index in [2.05, 4.69) is 21.7 Å². The number of rotatable bonds is 7. The Morgan fingerprint density at radius 3 is 2.77 bits per heavy atom. The maximum absolute atomic E-state index is 13.7. The van der Waals surface area contributed by atoms with Gasteiger partial charge in [-0.3, -0.25) is 4.79 Å². The molecule has 0 fully saturated rings. The minimum atomic E-state index is -0.489. The van der Waals surface area contributed by atoms with Crippen molar-refractivity contribution in [3.8, 4) is 0 Å². The number of hydrogen-bond donors (Lipinski definition) is 2. The van der Waals surface area contributed by atoms with Crippen molar-refractivity contribution in [1.82, 2.24) is 10.6 Å². The van der Waals surface area contributed by atoms with Crippen LogP contribution in [0.5, 0.6) is 0 Å². The lowest BCUT2D eigenvalue weighted by molar-refractivity contribution is -0.118. The third-order valence-electron chi connectivity index (χ3n) is 4.81. The first-order chi connectivity index (χ1) is 14.1. The normalized spacial score (nSPS) is 12.9. The van der Waals surface area contributed by atoms with Gasteiger partial charge in [0.05, 0.1) is 6.54 Å². The van der Waals surface area contributed by atoms with Gasteiger partial charge in [0.15, 0.2) is 5.96 Å². The topological polar surface area (TPSA) is 56.7 Å². The highest BCUT2D eigenvalue weighted by molar-refractivity contribution is 14.0. The third-order valence-corrected chi connectivity index (χ3v) is 4.81. The lowest BCUT2D eigenvalue weighted by Gasteiger charge is -2.17. The molecule has 3 rings (SSSR count). The van der Waals surface area contributed by atoms with Gasteiger partial charge in [-0.25, -0.2) is 13.8 Å². The first-order valence-electron chi connectivity index (χ1n) is 9.93. The van der Waals surface area contributed by atoms with Crippen LogP contribution in [-0.2, 0) is 17.8 Å². The molecule has 2 aromatic rings. The summed E-state index contributed by atoms with van der Waals surface area (Å²) in [5.41, 5.74) is 2.42. The molecule has 1 amide bonds. The number of carbonyl (C=O) groups is 1. The highest BCUT2D eigenvalue weighted by Gasteiger charge is 2.23. The maximum atomic E-state index is 13.7. The Morgan fingerprint density at radius 1 is 1.17 bits per heavy atom. The van der Waals surface area contributed by atoms with Gasteiger partial charge in [-0.05, 0) is 49.6 Å². The summed E-state index contributed by atoms with van der Waals surface area (Å²) in [5.74, 6) is -0.352. The summed E-state index contributed by atoms with van der Waals surface area (Å²) in [6.45, 7) is 3.88. The molecule has 0 unspecified atom stereocenters. The van der Waals surface area contributed by atoms with Gasteiger partial charge in [-0.2, -0.15) is 0 Å². The Kier molecular flexibility index (Phi) is 9.48. The quantitative estimate of drug-likeness (QED) is 0.247. The summed E-state index contributed by atoms with van der Waals surface area (Å²) in [6.07, 6.45) is 1.98. The van der Waals surface area contributed by atoms with E-state index in [4.69, 9.17) is 0 Å². The van der Waals surface area contributed by atoms with Crippen LogP contribution in [0.25, 0.3) is 0 Å². The van der Waals surface area contributed by atoms with Crippen molar-refractivity contribution in [1.29, 1.82) is 0 Å². The van der Waals surface area contributed by atoms with Crippen LogP contribution in [0.2, 0.25) is 0 Å². The molecule has 1 aliphatic heterocycles. The molecule has 8 heteroatoms. The van der Waals surface area contributed by atoms with E-state index in [0.29, 0.717) is 31.9 Å². The number of anilines is 1. The zero-order valence-electron chi connectivity index (χ0n) is 17.0. The van der Waals surface area contributed by atoms with E-state index in [9.17, 15) is 13.6 Å². The van der Waals surface area contributed by atoms with E-state index in [0.717, 1.165) is 36.9 Å². The lowest BCUT2D eigenvalue weighted by atomic mass is 10.2. The minimum absolute atomic E-state index is 0. The van der Waals surface area contributed by atoms with E-state index in [1.54, 1.807) is 0 Å². The van der Waals surface area contributed by atoms with Crippen LogP contribution < -0.4 is 15.5 Å². The monoisotopic (exact) mass is 528 g/mol. The number of hydrogen-bond acceptors (Lipinski definition) is 2. The smallest absolute Gasteiger partial charge is 0.227 e. The highest BCUT2D eigenvalue weighted by Crippen LogP contribution is 2.27. The standard InChI is InChI=1S/C22H26F2N4O.HI/c1-2-25-22(27-15-17-14-18(23)9-10-19(17)24)26-12-5-8-21(29)28-13-11-16-6-3-4-7-20(16)28;/h3-4,6-7,9-10,14H,2,5,8,11-13,15H2,1H3,(H2,25,26,27);1H. The first-order valence-corrected chi connectivity index (χ1v) is 9.93. The molecule has 162 valence electrons. The molecule has 5 nitrogen and oxygen atoms in total. The molecule has 30 heavy (non-hydrogen) atoms. The average molecular weight is 528 g/mol. The van der Waals surface area contributed by atoms with Crippen LogP contribution in [0.4, 0.5) is 14.5 Å². The van der Waals surface area contributed by atoms with Crippen molar-refractivity contribution in [2.75, 3.05) is 24.5 Å². The van der Waals surface area contributed by atoms with E-state index < -0.39 is 11.6 Å². The Morgan fingerprint density at radius 2 is 1.97 bits per heavy atom. The Hall–Kier alpha value is -2.23. The predicted octanol–water partition coefficient (Wildman–Crippen LogP) is 4.01. The molecule has 0 atom stereocenters. The number of amides is 1. The summed E-state index contributed by atoms with van der Waals surface area (Å²) < 4.78 is 27.0. The molecule has 0 spiro atoms. The molecule has 0 radical (unpaired) electrons. The summed E-state index contributed by atoms with van der Waals surface area (Å²) >= 11 is 0. The summed E-state index contributed by atoms with van der Waals surface area (Å²) in [7, 11) is 0. The Balaban J connectivity index is 0.00000320. The Labute approximate surface area is 193 Å². The van der Waals surface area contributed by atoms with Gasteiger partial charge < -0.3 is 15.5 Å². The maximum Gasteiger partial charge on any atom is 0.227 e. The van der Waals surface area contributed by atoms with Crippen molar-refractivity contribution >= 4 is 41.5 Å². The number of guanidine groups is 1. The van der Waals surface area contributed by atoms with Crippen molar-refractivity contribution in [2.45, 2.75) is 32.7 Å². The van der Waals surface area contributed by atoms with Gasteiger partial charge in [0.1, 0.15) is 11.6 Å². The fraction of sp³-hybridized carbons (Fsp3) is 0.364. The fourth-order valence-electron chi connectivity index (χ4n) is 3.35. The zero-order chi connectivity index (χ0) is 20.6. The number of carbonyl (C=O) groups excluding carboxylic acids is 1. The van der Waals surface area contributed by atoms with Crippen molar-refractivity contribution < 1.29 is 13.6 Å². The largest absolute Gasteiger partial charge is 0.357 e. The van der Waals surface area contributed by atoms with E-state index >= 15 is 0 Å². The van der Waals surface area contributed by atoms with Gasteiger partial charge in [0, 0.05) is 37.3 Å². The molecular formula is C22H27F2IN4O. The molecule has 1 aliphatic rings. The summed E-state index contributed by atoms with van der Waals surface area (Å²) in [4.78, 5) is 18.7. The van der Waals surface area contributed by atoms with Crippen LogP contribution in [0.15, 0.2) is 47.5 Å². The molecule has 2 N–H and O–H groups in total. The van der Waals surface area contributed by atoms with Crippen molar-refractivity contribution in [3.05, 3.63) is 65.2 Å². The zero-order valence-corrected chi connectivity index (χ0v) is 19.3. The SMILES string of the molecule is CCNC(=NCc1cc(F)ccc1F)NCCCC(=O)N1CCc2ccccc21.I. The molecule has 0 aliphatic carbocycles. The number of nitrogens with zero attached hydrogens (tertiary/aromatic N) is 2. The molecule has 0 aromatic heterocycles. The van der Waals surface area contributed by atoms with Gasteiger partial charge >= 0.3 is 0 Å². The van der Waals surface area contributed by atoms with Crippen molar-refractivity contribution in [3.63, 3.8) is 0 Å². The van der Waals surface area contributed by atoms with E-state index in [1.807, 2.05) is 30.0 Å². The number of nitrogens with one attached hydrogen (secondary N) is 2. The molecular weight excluding hydrogens is 501 g/mol. The minimum Gasteiger partial charge on any atom is -0.357 e. The second-order valence-corrected chi connectivity index (χ2v) is 6.89. The van der Waals surface area contributed by atoms with Crippen LogP contribution in [-0.4, -0.2) is 31.5 Å².